The van der Waals surface area contributed by atoms with Crippen LogP contribution in [0.2, 0.25) is 0 Å². The highest BCUT2D eigenvalue weighted by atomic mass is 16.5. The number of hydrogen-bond acceptors (Lipinski definition) is 3. The van der Waals surface area contributed by atoms with E-state index in [-0.39, 0.29) is 12.4 Å². The molecule has 1 aromatic carbocycles. The van der Waals surface area contributed by atoms with Crippen LogP contribution in [-0.2, 0) is 6.61 Å². The maximum Gasteiger partial charge on any atom is 0.159 e. The molecule has 70 valence electrons. The van der Waals surface area contributed by atoms with E-state index < -0.39 is 0 Å². The summed E-state index contributed by atoms with van der Waals surface area (Å²) in [4.78, 5) is 11.0. The molecule has 0 heterocycles. The lowest BCUT2D eigenvalue weighted by Gasteiger charge is -2.06. The molecule has 3 heteroatoms. The summed E-state index contributed by atoms with van der Waals surface area (Å²) < 4.78 is 5.01. The van der Waals surface area contributed by atoms with Crippen LogP contribution in [0.5, 0.6) is 5.75 Å². The average Bonchev–Trinajstić information content (AvgIpc) is 2.16. The topological polar surface area (TPSA) is 46.5 Å². The van der Waals surface area contributed by atoms with Gasteiger partial charge in [0, 0.05) is 11.1 Å². The van der Waals surface area contributed by atoms with Crippen LogP contribution in [0, 0.1) is 0 Å². The third-order valence-corrected chi connectivity index (χ3v) is 1.86. The number of ketones is 1. The minimum atomic E-state index is -0.0820. The summed E-state index contributed by atoms with van der Waals surface area (Å²) in [6.45, 7) is 1.41. The molecule has 0 saturated heterocycles. The molecule has 13 heavy (non-hydrogen) atoms. The van der Waals surface area contributed by atoms with Crippen molar-refractivity contribution in [2.75, 3.05) is 7.11 Å². The predicted octanol–water partition coefficient (Wildman–Crippen LogP) is 1.39. The van der Waals surface area contributed by atoms with Gasteiger partial charge in [-0.1, -0.05) is 12.1 Å². The molecule has 0 bridgehead atoms. The Bertz CT molecular complexity index is 318. The smallest absolute Gasteiger partial charge is 0.159 e. The number of rotatable bonds is 3. The summed E-state index contributed by atoms with van der Waals surface area (Å²) >= 11 is 0. The van der Waals surface area contributed by atoms with Gasteiger partial charge in [-0.15, -0.1) is 0 Å². The Kier molecular flexibility index (Phi) is 3.03. The number of aliphatic hydroxyl groups excluding tert-OH is 1. The molecule has 0 amide bonds. The van der Waals surface area contributed by atoms with Crippen LogP contribution in [0.4, 0.5) is 0 Å². The lowest BCUT2D eigenvalue weighted by molar-refractivity contribution is 0.101. The van der Waals surface area contributed by atoms with Crippen molar-refractivity contribution >= 4 is 5.78 Å². The SMILES string of the molecule is COc1cc(C(C)=O)ccc1CO. The van der Waals surface area contributed by atoms with Crippen molar-refractivity contribution < 1.29 is 14.6 Å². The Balaban J connectivity index is 3.13. The molecule has 3 nitrogen and oxygen atoms in total. The van der Waals surface area contributed by atoms with Crippen LogP contribution in [0.15, 0.2) is 18.2 Å². The number of carbonyl (C=O) groups excluding carboxylic acids is 1. The van der Waals surface area contributed by atoms with Crippen LogP contribution in [0.3, 0.4) is 0 Å². The van der Waals surface area contributed by atoms with E-state index in [0.717, 1.165) is 0 Å². The Morgan fingerprint density at radius 3 is 2.69 bits per heavy atom. The van der Waals surface area contributed by atoms with Crippen LogP contribution in [0.25, 0.3) is 0 Å². The molecule has 0 aliphatic heterocycles. The van der Waals surface area contributed by atoms with Gasteiger partial charge in [0.1, 0.15) is 5.75 Å². The molecule has 0 aliphatic rings. The molecule has 0 spiro atoms. The summed E-state index contributed by atoms with van der Waals surface area (Å²) in [7, 11) is 1.51. The highest BCUT2D eigenvalue weighted by molar-refractivity contribution is 5.94. The number of aliphatic hydroxyl groups is 1. The number of hydrogen-bond donors (Lipinski definition) is 1. The molecule has 1 aromatic rings. The van der Waals surface area contributed by atoms with E-state index in [2.05, 4.69) is 0 Å². The van der Waals surface area contributed by atoms with E-state index in [4.69, 9.17) is 9.84 Å². The monoisotopic (exact) mass is 180 g/mol. The average molecular weight is 180 g/mol. The van der Waals surface area contributed by atoms with Crippen molar-refractivity contribution in [3.05, 3.63) is 29.3 Å². The molecule has 0 unspecified atom stereocenters. The zero-order chi connectivity index (χ0) is 9.84. The first-order valence-corrected chi connectivity index (χ1v) is 3.97. The second kappa shape index (κ2) is 4.05. The quantitative estimate of drug-likeness (QED) is 0.715. The molecule has 0 aromatic heterocycles. The number of Topliss-reactive ketones (excluding diaryl/α,β-unsaturated/α-hetero) is 1. The van der Waals surface area contributed by atoms with Gasteiger partial charge in [-0.05, 0) is 13.0 Å². The standard InChI is InChI=1S/C10H12O3/c1-7(12)8-3-4-9(6-11)10(5-8)13-2/h3-5,11H,6H2,1-2H3. The van der Waals surface area contributed by atoms with E-state index in [1.165, 1.54) is 14.0 Å². The van der Waals surface area contributed by atoms with Crippen molar-refractivity contribution in [3.8, 4) is 5.75 Å². The lowest BCUT2D eigenvalue weighted by Crippen LogP contribution is -1.97. The summed E-state index contributed by atoms with van der Waals surface area (Å²) in [5.74, 6) is 0.540. The molecular formula is C10H12O3. The van der Waals surface area contributed by atoms with E-state index in [1.54, 1.807) is 18.2 Å². The predicted molar refractivity (Wildman–Crippen MR) is 48.9 cm³/mol. The van der Waals surface area contributed by atoms with E-state index in [0.29, 0.717) is 16.9 Å². The Labute approximate surface area is 77.0 Å². The summed E-state index contributed by atoms with van der Waals surface area (Å²) in [5, 5.41) is 8.91. The zero-order valence-corrected chi connectivity index (χ0v) is 7.70. The van der Waals surface area contributed by atoms with Crippen LogP contribution in [0.1, 0.15) is 22.8 Å². The van der Waals surface area contributed by atoms with Crippen LogP contribution in [-0.4, -0.2) is 18.0 Å². The van der Waals surface area contributed by atoms with E-state index in [1.807, 2.05) is 0 Å². The van der Waals surface area contributed by atoms with Gasteiger partial charge in [0.05, 0.1) is 13.7 Å². The van der Waals surface area contributed by atoms with Gasteiger partial charge in [-0.2, -0.15) is 0 Å². The molecule has 0 saturated carbocycles. The largest absolute Gasteiger partial charge is 0.496 e. The van der Waals surface area contributed by atoms with Gasteiger partial charge in [-0.3, -0.25) is 4.79 Å². The van der Waals surface area contributed by atoms with Crippen molar-refractivity contribution in [2.45, 2.75) is 13.5 Å². The van der Waals surface area contributed by atoms with Crippen molar-refractivity contribution in [1.82, 2.24) is 0 Å². The Morgan fingerprint density at radius 2 is 2.23 bits per heavy atom. The highest BCUT2D eigenvalue weighted by Gasteiger charge is 2.05. The van der Waals surface area contributed by atoms with Gasteiger partial charge < -0.3 is 9.84 Å². The molecule has 0 atom stereocenters. The fourth-order valence-electron chi connectivity index (χ4n) is 1.09. The fraction of sp³-hybridized carbons (Fsp3) is 0.300. The molecular weight excluding hydrogens is 168 g/mol. The zero-order valence-electron chi connectivity index (χ0n) is 7.70. The first-order valence-electron chi connectivity index (χ1n) is 3.97. The highest BCUT2D eigenvalue weighted by Crippen LogP contribution is 2.20. The molecule has 0 fully saturated rings. The maximum absolute atomic E-state index is 11.0. The second-order valence-electron chi connectivity index (χ2n) is 2.74. The Hall–Kier alpha value is -1.35. The van der Waals surface area contributed by atoms with Crippen LogP contribution >= 0.6 is 0 Å². The van der Waals surface area contributed by atoms with Gasteiger partial charge >= 0.3 is 0 Å². The first-order chi connectivity index (χ1) is 6.19. The molecule has 0 aliphatic carbocycles. The first kappa shape index (κ1) is 9.74. The third-order valence-electron chi connectivity index (χ3n) is 1.86. The van der Waals surface area contributed by atoms with Crippen molar-refractivity contribution in [1.29, 1.82) is 0 Å². The van der Waals surface area contributed by atoms with Crippen molar-refractivity contribution in [2.24, 2.45) is 0 Å². The van der Waals surface area contributed by atoms with E-state index in [9.17, 15) is 4.79 Å². The number of carbonyl (C=O) groups is 1. The summed E-state index contributed by atoms with van der Waals surface area (Å²) in [6.07, 6.45) is 0. The summed E-state index contributed by atoms with van der Waals surface area (Å²) in [5.41, 5.74) is 1.28. The molecule has 1 N–H and O–H groups in total. The lowest BCUT2D eigenvalue weighted by atomic mass is 10.1. The Morgan fingerprint density at radius 1 is 1.54 bits per heavy atom. The fourth-order valence-corrected chi connectivity index (χ4v) is 1.09. The normalized spacial score (nSPS) is 9.77. The minimum Gasteiger partial charge on any atom is -0.496 e. The number of ether oxygens (including phenoxy) is 1. The van der Waals surface area contributed by atoms with Crippen LogP contribution < -0.4 is 4.74 Å². The number of benzene rings is 1. The van der Waals surface area contributed by atoms with Crippen molar-refractivity contribution in [3.63, 3.8) is 0 Å². The second-order valence-corrected chi connectivity index (χ2v) is 2.74. The third kappa shape index (κ3) is 2.06. The van der Waals surface area contributed by atoms with Gasteiger partial charge in [-0.25, -0.2) is 0 Å². The van der Waals surface area contributed by atoms with Gasteiger partial charge in [0.15, 0.2) is 5.78 Å². The summed E-state index contributed by atoms with van der Waals surface area (Å²) in [6, 6.07) is 5.00. The minimum absolute atomic E-state index is 0.0113. The number of methoxy groups -OCH3 is 1. The maximum atomic E-state index is 11.0. The van der Waals surface area contributed by atoms with Gasteiger partial charge in [0.25, 0.3) is 0 Å². The molecule has 1 rings (SSSR count). The molecule has 0 radical (unpaired) electrons. The van der Waals surface area contributed by atoms with Gasteiger partial charge in [0.2, 0.25) is 0 Å². The van der Waals surface area contributed by atoms with E-state index >= 15 is 0 Å².